The highest BCUT2D eigenvalue weighted by Crippen LogP contribution is 2.40. The van der Waals surface area contributed by atoms with Crippen LogP contribution in [0, 0.1) is 0 Å². The van der Waals surface area contributed by atoms with E-state index in [0.29, 0.717) is 11.6 Å². The predicted octanol–water partition coefficient (Wildman–Crippen LogP) is 1.45. The maximum absolute atomic E-state index is 12.1. The fourth-order valence-electron chi connectivity index (χ4n) is 2.72. The van der Waals surface area contributed by atoms with Crippen molar-refractivity contribution in [2.45, 2.75) is 45.0 Å². The molecule has 0 spiro atoms. The van der Waals surface area contributed by atoms with E-state index in [0.717, 1.165) is 5.56 Å². The fourth-order valence-corrected chi connectivity index (χ4v) is 3.97. The number of amides is 3. The highest BCUT2D eigenvalue weighted by Gasteiger charge is 2.48. The van der Waals surface area contributed by atoms with E-state index < -0.39 is 10.9 Å². The van der Waals surface area contributed by atoms with E-state index in [9.17, 15) is 14.4 Å². The molecule has 8 heteroatoms. The van der Waals surface area contributed by atoms with Crippen molar-refractivity contribution in [1.82, 2.24) is 15.6 Å². The van der Waals surface area contributed by atoms with Crippen LogP contribution in [0.4, 0.5) is 0 Å². The van der Waals surface area contributed by atoms with Crippen LogP contribution in [0.5, 0.6) is 0 Å². The lowest BCUT2D eigenvalue weighted by molar-refractivity contribution is -0.133. The molecular formula is C17H22N4O3S. The van der Waals surface area contributed by atoms with Crippen LogP contribution >= 0.6 is 11.8 Å². The Morgan fingerprint density at radius 2 is 1.80 bits per heavy atom. The molecule has 134 valence electrons. The summed E-state index contributed by atoms with van der Waals surface area (Å²) in [4.78, 5) is 34.4. The Hall–Kier alpha value is -2.35. The van der Waals surface area contributed by atoms with Gasteiger partial charge in [-0.05, 0) is 18.9 Å². The minimum absolute atomic E-state index is 0.195. The number of nitrogens with zero attached hydrogens (tertiary/aromatic N) is 2. The van der Waals surface area contributed by atoms with Crippen molar-refractivity contribution in [3.8, 4) is 0 Å². The Kier molecular flexibility index (Phi) is 5.84. The highest BCUT2D eigenvalue weighted by atomic mass is 32.2. The summed E-state index contributed by atoms with van der Waals surface area (Å²) in [5.41, 5.74) is 1.03. The number of benzene rings is 1. The molecule has 2 rings (SSSR count). The maximum atomic E-state index is 12.1. The van der Waals surface area contributed by atoms with Gasteiger partial charge in [-0.15, -0.1) is 5.10 Å². The molecule has 3 amide bonds. The van der Waals surface area contributed by atoms with E-state index in [1.165, 1.54) is 37.5 Å². The molecule has 0 radical (unpaired) electrons. The molecule has 1 aromatic rings. The van der Waals surface area contributed by atoms with Crippen molar-refractivity contribution in [2.24, 2.45) is 5.10 Å². The second-order valence-corrected chi connectivity index (χ2v) is 7.43. The summed E-state index contributed by atoms with van der Waals surface area (Å²) < 4.78 is 0. The van der Waals surface area contributed by atoms with Crippen LogP contribution in [0.2, 0.25) is 0 Å². The van der Waals surface area contributed by atoms with E-state index in [-0.39, 0.29) is 17.7 Å². The summed E-state index contributed by atoms with van der Waals surface area (Å²) >= 11 is 1.26. The van der Waals surface area contributed by atoms with Crippen LogP contribution in [-0.4, -0.2) is 38.8 Å². The molecule has 25 heavy (non-hydrogen) atoms. The summed E-state index contributed by atoms with van der Waals surface area (Å²) in [7, 11) is 0. The molecule has 0 aliphatic carbocycles. The number of amidine groups is 1. The van der Waals surface area contributed by atoms with Gasteiger partial charge >= 0.3 is 0 Å². The number of nitrogens with one attached hydrogen (secondary N) is 2. The normalized spacial score (nSPS) is 20.6. The molecule has 2 N–H and O–H groups in total. The Morgan fingerprint density at radius 3 is 2.32 bits per heavy atom. The second kappa shape index (κ2) is 7.69. The molecule has 1 aliphatic heterocycles. The molecule has 1 aliphatic rings. The standard InChI is InChI=1S/C17H22N4O3S/c1-11(22)18-15(10-14-8-6-5-7-9-14)17(4)21(13(3)24)20-16(25-17)19-12(2)23/h5-9,15H,10H2,1-4H3,(H,18,22)(H,19,20,23)/t15-,17-/m0/s1. The first kappa shape index (κ1) is 19.0. The van der Waals surface area contributed by atoms with Crippen LogP contribution in [0.15, 0.2) is 35.4 Å². The zero-order chi connectivity index (χ0) is 18.6. The van der Waals surface area contributed by atoms with E-state index >= 15 is 0 Å². The maximum Gasteiger partial charge on any atom is 0.241 e. The average Bonchev–Trinajstić information content (AvgIpc) is 2.84. The van der Waals surface area contributed by atoms with Gasteiger partial charge in [0.15, 0.2) is 5.17 Å². The summed E-state index contributed by atoms with van der Waals surface area (Å²) in [5, 5.41) is 11.4. The van der Waals surface area contributed by atoms with Crippen LogP contribution in [-0.2, 0) is 20.8 Å². The summed E-state index contributed by atoms with van der Waals surface area (Å²) in [6.07, 6.45) is 0.524. The quantitative estimate of drug-likeness (QED) is 0.848. The largest absolute Gasteiger partial charge is 0.350 e. The summed E-state index contributed by atoms with van der Waals surface area (Å²) in [6.45, 7) is 6.06. The smallest absolute Gasteiger partial charge is 0.241 e. The first-order valence-electron chi connectivity index (χ1n) is 7.89. The first-order valence-corrected chi connectivity index (χ1v) is 8.71. The Morgan fingerprint density at radius 1 is 1.16 bits per heavy atom. The Labute approximate surface area is 151 Å². The van der Waals surface area contributed by atoms with Crippen molar-refractivity contribution in [3.05, 3.63) is 35.9 Å². The molecule has 7 nitrogen and oxygen atoms in total. The minimum Gasteiger partial charge on any atom is -0.350 e. The van der Waals surface area contributed by atoms with E-state index in [1.54, 1.807) is 0 Å². The number of hydrazone groups is 1. The van der Waals surface area contributed by atoms with Gasteiger partial charge in [0.05, 0.1) is 6.04 Å². The van der Waals surface area contributed by atoms with E-state index in [4.69, 9.17) is 0 Å². The van der Waals surface area contributed by atoms with Crippen molar-refractivity contribution in [1.29, 1.82) is 0 Å². The summed E-state index contributed by atoms with van der Waals surface area (Å²) in [5.74, 6) is -0.726. The third kappa shape index (κ3) is 4.60. The van der Waals surface area contributed by atoms with Gasteiger partial charge in [0.2, 0.25) is 17.7 Å². The number of carbonyl (C=O) groups excluding carboxylic acids is 3. The first-order chi connectivity index (χ1) is 11.7. The number of thioether (sulfide) groups is 1. The summed E-state index contributed by atoms with van der Waals surface area (Å²) in [6, 6.07) is 9.30. The van der Waals surface area contributed by atoms with Crippen molar-refractivity contribution < 1.29 is 14.4 Å². The Bertz CT molecular complexity index is 707. The third-order valence-corrected chi connectivity index (χ3v) is 5.05. The highest BCUT2D eigenvalue weighted by molar-refractivity contribution is 8.15. The van der Waals surface area contributed by atoms with Gasteiger partial charge in [0.1, 0.15) is 4.87 Å². The van der Waals surface area contributed by atoms with Crippen LogP contribution < -0.4 is 10.6 Å². The van der Waals surface area contributed by atoms with Gasteiger partial charge in [0, 0.05) is 20.8 Å². The topological polar surface area (TPSA) is 90.9 Å². The molecule has 2 atom stereocenters. The number of carbonyl (C=O) groups is 3. The van der Waals surface area contributed by atoms with Crippen molar-refractivity contribution in [2.75, 3.05) is 0 Å². The molecule has 0 saturated heterocycles. The Balaban J connectivity index is 2.34. The van der Waals surface area contributed by atoms with Crippen molar-refractivity contribution >= 4 is 34.7 Å². The lowest BCUT2D eigenvalue weighted by Crippen LogP contribution is -2.57. The van der Waals surface area contributed by atoms with Crippen LogP contribution in [0.3, 0.4) is 0 Å². The number of rotatable bonds is 4. The molecule has 0 fully saturated rings. The van der Waals surface area contributed by atoms with E-state index in [2.05, 4.69) is 15.7 Å². The van der Waals surface area contributed by atoms with E-state index in [1.807, 2.05) is 37.3 Å². The van der Waals surface area contributed by atoms with Gasteiger partial charge < -0.3 is 10.6 Å². The van der Waals surface area contributed by atoms with Crippen LogP contribution in [0.1, 0.15) is 33.3 Å². The predicted molar refractivity (Wildman–Crippen MR) is 97.5 cm³/mol. The van der Waals surface area contributed by atoms with Gasteiger partial charge in [-0.25, -0.2) is 5.01 Å². The number of hydrogen-bond acceptors (Lipinski definition) is 5. The lowest BCUT2D eigenvalue weighted by atomic mass is 9.99. The minimum atomic E-state index is -0.856. The lowest BCUT2D eigenvalue weighted by Gasteiger charge is -2.38. The average molecular weight is 362 g/mol. The molecular weight excluding hydrogens is 340 g/mol. The van der Waals surface area contributed by atoms with Crippen LogP contribution in [0.25, 0.3) is 0 Å². The molecule has 0 unspecified atom stereocenters. The zero-order valence-electron chi connectivity index (χ0n) is 14.7. The van der Waals surface area contributed by atoms with Crippen molar-refractivity contribution in [3.63, 3.8) is 0 Å². The molecule has 1 aromatic carbocycles. The zero-order valence-corrected chi connectivity index (χ0v) is 15.5. The molecule has 1 heterocycles. The van der Waals surface area contributed by atoms with Gasteiger partial charge in [0.25, 0.3) is 0 Å². The molecule has 0 saturated carbocycles. The fraction of sp³-hybridized carbons (Fsp3) is 0.412. The second-order valence-electron chi connectivity index (χ2n) is 6.02. The van der Waals surface area contributed by atoms with Gasteiger partial charge in [-0.3, -0.25) is 14.4 Å². The van der Waals surface area contributed by atoms with Gasteiger partial charge in [-0.2, -0.15) is 0 Å². The van der Waals surface area contributed by atoms with Gasteiger partial charge in [-0.1, -0.05) is 42.1 Å². The third-order valence-electron chi connectivity index (χ3n) is 3.80. The monoisotopic (exact) mass is 362 g/mol. The number of hydrogen-bond donors (Lipinski definition) is 2. The molecule has 0 bridgehead atoms. The SMILES string of the molecule is CC(=O)NC1=NN(C(C)=O)[C@](C)([C@H](Cc2ccccc2)NC(C)=O)S1. The molecule has 0 aromatic heterocycles.